The first-order valence-corrected chi connectivity index (χ1v) is 8.72. The Morgan fingerprint density at radius 3 is 2.71 bits per heavy atom. The number of rotatable bonds is 7. The van der Waals surface area contributed by atoms with Gasteiger partial charge in [-0.1, -0.05) is 58.6 Å². The maximum atomic E-state index is 9.33. The molecule has 0 spiro atoms. The van der Waals surface area contributed by atoms with Crippen LogP contribution in [-0.2, 0) is 11.8 Å². The van der Waals surface area contributed by atoms with E-state index in [-0.39, 0.29) is 0 Å². The minimum absolute atomic E-state index is 0.314. The lowest BCUT2D eigenvalue weighted by atomic mass is 9.68. The molecule has 0 bridgehead atoms. The van der Waals surface area contributed by atoms with Crippen molar-refractivity contribution >= 4 is 0 Å². The number of benzene rings is 1. The van der Waals surface area contributed by atoms with E-state index in [0.29, 0.717) is 5.41 Å². The summed E-state index contributed by atoms with van der Waals surface area (Å²) in [7, 11) is 0. The Balaban J connectivity index is 2.20. The van der Waals surface area contributed by atoms with Gasteiger partial charge in [-0.2, -0.15) is 5.26 Å². The molecule has 1 aliphatic carbocycles. The van der Waals surface area contributed by atoms with E-state index >= 15 is 0 Å². The summed E-state index contributed by atoms with van der Waals surface area (Å²) in [4.78, 5) is 0. The molecule has 0 radical (unpaired) electrons. The molecular weight excluding hydrogens is 254 g/mol. The summed E-state index contributed by atoms with van der Waals surface area (Å²) in [6, 6.07) is 8.74. The van der Waals surface area contributed by atoms with E-state index in [9.17, 15) is 5.26 Å². The highest BCUT2D eigenvalue weighted by Crippen LogP contribution is 2.49. The van der Waals surface area contributed by atoms with Gasteiger partial charge in [0, 0.05) is 0 Å². The molecule has 0 fully saturated rings. The smallest absolute Gasteiger partial charge is 0.0994 e. The first-order chi connectivity index (χ1) is 10.2. The van der Waals surface area contributed by atoms with Crippen LogP contribution >= 0.6 is 0 Å². The van der Waals surface area contributed by atoms with E-state index in [1.54, 1.807) is 0 Å². The summed E-state index contributed by atoms with van der Waals surface area (Å²) in [6.07, 6.45) is 10.2. The molecule has 0 saturated carbocycles. The maximum Gasteiger partial charge on any atom is 0.0994 e. The molecule has 1 nitrogen and oxygen atoms in total. The number of unbranched alkanes of at least 4 members (excludes halogenated alkanes) is 3. The van der Waals surface area contributed by atoms with Crippen LogP contribution in [0.4, 0.5) is 0 Å². The Kier molecular flexibility index (Phi) is 5.45. The van der Waals surface area contributed by atoms with Crippen molar-refractivity contribution in [3.8, 4) is 6.07 Å². The van der Waals surface area contributed by atoms with Crippen molar-refractivity contribution in [3.63, 3.8) is 0 Å². The van der Waals surface area contributed by atoms with Gasteiger partial charge < -0.3 is 0 Å². The van der Waals surface area contributed by atoms with Crippen LogP contribution in [0.1, 0.15) is 82.4 Å². The van der Waals surface area contributed by atoms with Crippen LogP contribution in [0.3, 0.4) is 0 Å². The third-order valence-electron chi connectivity index (χ3n) is 5.72. The van der Waals surface area contributed by atoms with Crippen LogP contribution < -0.4 is 0 Å². The summed E-state index contributed by atoms with van der Waals surface area (Å²) in [5.41, 5.74) is 4.03. The Bertz CT molecular complexity index is 511. The van der Waals surface area contributed by atoms with Gasteiger partial charge in [0.15, 0.2) is 0 Å². The Labute approximate surface area is 130 Å². The largest absolute Gasteiger partial charge is 0.192 e. The quantitative estimate of drug-likeness (QED) is 0.584. The molecular formula is C20H29N. The van der Waals surface area contributed by atoms with Crippen LogP contribution in [0.5, 0.6) is 0 Å². The van der Waals surface area contributed by atoms with Crippen LogP contribution in [-0.4, -0.2) is 0 Å². The monoisotopic (exact) mass is 283 g/mol. The number of hydrogen-bond acceptors (Lipinski definition) is 1. The third-order valence-corrected chi connectivity index (χ3v) is 5.72. The van der Waals surface area contributed by atoms with Crippen LogP contribution in [0.25, 0.3) is 0 Å². The second-order valence-electron chi connectivity index (χ2n) is 6.70. The van der Waals surface area contributed by atoms with Gasteiger partial charge in [-0.3, -0.25) is 0 Å². The summed E-state index contributed by atoms with van der Waals surface area (Å²) >= 11 is 0. The standard InChI is InChI=1S/C20H29N/c1-4-6-7-8-10-16(3)20(5-2)14-13-18-17(15-21)11-9-12-19(18)20/h9,11-12,16H,4-8,10,13-14H2,1-3H3. The highest BCUT2D eigenvalue weighted by molar-refractivity contribution is 5.49. The van der Waals surface area contributed by atoms with E-state index in [1.807, 2.05) is 6.07 Å². The lowest BCUT2D eigenvalue weighted by molar-refractivity contribution is 0.253. The summed E-state index contributed by atoms with van der Waals surface area (Å²) < 4.78 is 0. The summed E-state index contributed by atoms with van der Waals surface area (Å²) in [5.74, 6) is 0.717. The maximum absolute atomic E-state index is 9.33. The molecule has 1 heteroatoms. The van der Waals surface area contributed by atoms with Crippen LogP contribution in [0, 0.1) is 17.2 Å². The molecule has 0 aliphatic heterocycles. The predicted molar refractivity (Wildman–Crippen MR) is 89.4 cm³/mol. The molecule has 0 N–H and O–H groups in total. The van der Waals surface area contributed by atoms with Crippen LogP contribution in [0.2, 0.25) is 0 Å². The molecule has 0 aromatic heterocycles. The Morgan fingerprint density at radius 2 is 2.05 bits per heavy atom. The van der Waals surface area contributed by atoms with Crippen molar-refractivity contribution in [2.45, 2.75) is 77.6 Å². The predicted octanol–water partition coefficient (Wildman–Crippen LogP) is 5.76. The first-order valence-electron chi connectivity index (χ1n) is 8.72. The van der Waals surface area contributed by atoms with Gasteiger partial charge in [0.2, 0.25) is 0 Å². The third kappa shape index (κ3) is 3.00. The normalized spacial score (nSPS) is 21.8. The van der Waals surface area contributed by atoms with Gasteiger partial charge >= 0.3 is 0 Å². The van der Waals surface area contributed by atoms with Gasteiger partial charge in [-0.25, -0.2) is 0 Å². The fourth-order valence-electron chi connectivity index (χ4n) is 4.29. The van der Waals surface area contributed by atoms with Gasteiger partial charge in [0.05, 0.1) is 11.6 Å². The van der Waals surface area contributed by atoms with Crippen molar-refractivity contribution in [1.82, 2.24) is 0 Å². The zero-order chi connectivity index (χ0) is 15.3. The Hall–Kier alpha value is -1.29. The molecule has 21 heavy (non-hydrogen) atoms. The first kappa shape index (κ1) is 16.1. The minimum atomic E-state index is 0.314. The molecule has 0 saturated heterocycles. The van der Waals surface area contributed by atoms with E-state index in [0.717, 1.165) is 17.9 Å². The van der Waals surface area contributed by atoms with E-state index in [2.05, 4.69) is 39.0 Å². The van der Waals surface area contributed by atoms with Crippen molar-refractivity contribution in [3.05, 3.63) is 34.9 Å². The fourth-order valence-corrected chi connectivity index (χ4v) is 4.29. The number of hydrogen-bond donors (Lipinski definition) is 0. The average Bonchev–Trinajstić information content (AvgIpc) is 2.91. The highest BCUT2D eigenvalue weighted by Gasteiger charge is 2.41. The molecule has 0 amide bonds. The molecule has 2 atom stereocenters. The number of nitriles is 1. The minimum Gasteiger partial charge on any atom is -0.192 e. The zero-order valence-corrected chi connectivity index (χ0v) is 13.9. The fraction of sp³-hybridized carbons (Fsp3) is 0.650. The van der Waals surface area contributed by atoms with E-state index in [1.165, 1.54) is 56.1 Å². The SMILES string of the molecule is CCCCCCC(C)C1(CC)CCc2c(C#N)cccc21. The highest BCUT2D eigenvalue weighted by atomic mass is 14.5. The molecule has 2 unspecified atom stereocenters. The van der Waals surface area contributed by atoms with Gasteiger partial charge in [-0.15, -0.1) is 0 Å². The van der Waals surface area contributed by atoms with Crippen molar-refractivity contribution in [2.75, 3.05) is 0 Å². The lowest BCUT2D eigenvalue weighted by Gasteiger charge is -2.36. The van der Waals surface area contributed by atoms with Crippen molar-refractivity contribution in [1.29, 1.82) is 5.26 Å². The summed E-state index contributed by atoms with van der Waals surface area (Å²) in [6.45, 7) is 7.04. The van der Waals surface area contributed by atoms with Crippen LogP contribution in [0.15, 0.2) is 18.2 Å². The van der Waals surface area contributed by atoms with Crippen molar-refractivity contribution in [2.24, 2.45) is 5.92 Å². The molecule has 1 aromatic carbocycles. The zero-order valence-electron chi connectivity index (χ0n) is 13.9. The topological polar surface area (TPSA) is 23.8 Å². The van der Waals surface area contributed by atoms with Crippen molar-refractivity contribution < 1.29 is 0 Å². The summed E-state index contributed by atoms with van der Waals surface area (Å²) in [5, 5.41) is 9.33. The van der Waals surface area contributed by atoms with Gasteiger partial charge in [0.25, 0.3) is 0 Å². The lowest BCUT2D eigenvalue weighted by Crippen LogP contribution is -2.30. The second-order valence-corrected chi connectivity index (χ2v) is 6.70. The molecule has 2 rings (SSSR count). The molecule has 1 aromatic rings. The Morgan fingerprint density at radius 1 is 1.24 bits per heavy atom. The number of fused-ring (bicyclic) bond motifs is 1. The molecule has 1 aliphatic rings. The second kappa shape index (κ2) is 7.12. The number of nitrogens with zero attached hydrogens (tertiary/aromatic N) is 1. The molecule has 0 heterocycles. The van der Waals surface area contributed by atoms with E-state index < -0.39 is 0 Å². The van der Waals surface area contributed by atoms with E-state index in [4.69, 9.17) is 0 Å². The van der Waals surface area contributed by atoms with Gasteiger partial charge in [0.1, 0.15) is 0 Å². The average molecular weight is 283 g/mol. The molecule has 114 valence electrons. The van der Waals surface area contributed by atoms with Gasteiger partial charge in [-0.05, 0) is 54.2 Å².